The van der Waals surface area contributed by atoms with Crippen molar-refractivity contribution < 1.29 is 0 Å². The van der Waals surface area contributed by atoms with E-state index in [0.717, 1.165) is 13.1 Å². The molecule has 0 aromatic heterocycles. The number of hydrogen-bond acceptors (Lipinski definition) is 3. The molecule has 1 aromatic carbocycles. The van der Waals surface area contributed by atoms with Crippen LogP contribution in [0.25, 0.3) is 0 Å². The van der Waals surface area contributed by atoms with Crippen LogP contribution >= 0.6 is 27.7 Å². The molecule has 2 N–H and O–H groups in total. The molecule has 0 radical (unpaired) electrons. The van der Waals surface area contributed by atoms with Crippen LogP contribution in [0, 0.1) is 5.92 Å². The SMILES string of the molecule is CSc1ccc(C2CC(CN)CN2C)cc1Br. The zero-order valence-corrected chi connectivity index (χ0v) is 12.7. The topological polar surface area (TPSA) is 29.3 Å². The normalized spacial score (nSPS) is 25.4. The standard InChI is InChI=1S/C13H19BrN2S/c1-16-8-9(7-15)5-12(16)10-3-4-13(17-2)11(14)6-10/h3-4,6,9,12H,5,7-8,15H2,1-2H3. The Labute approximate surface area is 116 Å². The van der Waals surface area contributed by atoms with Crippen molar-refractivity contribution in [1.82, 2.24) is 4.90 Å². The minimum Gasteiger partial charge on any atom is -0.330 e. The molecule has 1 aliphatic heterocycles. The third-order valence-electron chi connectivity index (χ3n) is 3.53. The van der Waals surface area contributed by atoms with Gasteiger partial charge in [-0.2, -0.15) is 0 Å². The average molecular weight is 315 g/mol. The number of benzene rings is 1. The molecular formula is C13H19BrN2S. The summed E-state index contributed by atoms with van der Waals surface area (Å²) in [5.74, 6) is 0.643. The van der Waals surface area contributed by atoms with Crippen molar-refractivity contribution in [3.8, 4) is 0 Å². The summed E-state index contributed by atoms with van der Waals surface area (Å²) in [4.78, 5) is 3.71. The van der Waals surface area contributed by atoms with Gasteiger partial charge in [0.15, 0.2) is 0 Å². The Hall–Kier alpha value is -0.0300. The van der Waals surface area contributed by atoms with Crippen LogP contribution in [0.5, 0.6) is 0 Å². The van der Waals surface area contributed by atoms with E-state index in [2.05, 4.69) is 52.3 Å². The lowest BCUT2D eigenvalue weighted by Crippen LogP contribution is -2.20. The molecule has 17 heavy (non-hydrogen) atoms. The molecule has 2 atom stereocenters. The Kier molecular flexibility index (Phi) is 4.53. The molecule has 0 bridgehead atoms. The van der Waals surface area contributed by atoms with Crippen molar-refractivity contribution in [2.45, 2.75) is 17.4 Å². The third-order valence-corrected chi connectivity index (χ3v) is 5.24. The number of halogens is 1. The monoisotopic (exact) mass is 314 g/mol. The zero-order valence-electron chi connectivity index (χ0n) is 10.3. The summed E-state index contributed by atoms with van der Waals surface area (Å²) in [5, 5.41) is 0. The maximum Gasteiger partial charge on any atom is 0.0349 e. The van der Waals surface area contributed by atoms with E-state index in [1.165, 1.54) is 21.4 Å². The summed E-state index contributed by atoms with van der Waals surface area (Å²) in [6.45, 7) is 1.91. The number of hydrogen-bond donors (Lipinski definition) is 1. The summed E-state index contributed by atoms with van der Waals surface area (Å²) in [5.41, 5.74) is 7.17. The highest BCUT2D eigenvalue weighted by molar-refractivity contribution is 9.10. The van der Waals surface area contributed by atoms with E-state index in [0.29, 0.717) is 12.0 Å². The van der Waals surface area contributed by atoms with Crippen LogP contribution in [0.4, 0.5) is 0 Å². The molecule has 0 amide bonds. The maximum absolute atomic E-state index is 5.77. The number of thioether (sulfide) groups is 1. The number of rotatable bonds is 3. The van der Waals surface area contributed by atoms with Gasteiger partial charge >= 0.3 is 0 Å². The minimum atomic E-state index is 0.524. The van der Waals surface area contributed by atoms with Crippen LogP contribution in [0.1, 0.15) is 18.0 Å². The second-order valence-electron chi connectivity index (χ2n) is 4.69. The second kappa shape index (κ2) is 5.74. The van der Waals surface area contributed by atoms with E-state index in [-0.39, 0.29) is 0 Å². The predicted octanol–water partition coefficient (Wildman–Crippen LogP) is 3.12. The molecule has 2 rings (SSSR count). The molecule has 0 saturated carbocycles. The van der Waals surface area contributed by atoms with Crippen molar-refractivity contribution in [3.05, 3.63) is 28.2 Å². The first-order valence-corrected chi connectivity index (χ1v) is 7.91. The van der Waals surface area contributed by atoms with Gasteiger partial charge in [0.25, 0.3) is 0 Å². The smallest absolute Gasteiger partial charge is 0.0349 e. The lowest BCUT2D eigenvalue weighted by Gasteiger charge is -2.20. The van der Waals surface area contributed by atoms with Crippen LogP contribution in [0.15, 0.2) is 27.6 Å². The highest BCUT2D eigenvalue weighted by atomic mass is 79.9. The molecule has 4 heteroatoms. The number of nitrogens with two attached hydrogens (primary N) is 1. The van der Waals surface area contributed by atoms with Crippen LogP contribution in [0.3, 0.4) is 0 Å². The van der Waals surface area contributed by atoms with Crippen LogP contribution in [-0.4, -0.2) is 31.3 Å². The largest absolute Gasteiger partial charge is 0.330 e. The van der Waals surface area contributed by atoms with Gasteiger partial charge in [0.1, 0.15) is 0 Å². The van der Waals surface area contributed by atoms with Gasteiger partial charge in [-0.25, -0.2) is 0 Å². The predicted molar refractivity (Wildman–Crippen MR) is 78.5 cm³/mol. The molecule has 94 valence electrons. The quantitative estimate of drug-likeness (QED) is 0.869. The summed E-state index contributed by atoms with van der Waals surface area (Å²) < 4.78 is 1.20. The van der Waals surface area contributed by atoms with Crippen molar-refractivity contribution >= 4 is 27.7 Å². The van der Waals surface area contributed by atoms with Gasteiger partial charge in [0, 0.05) is 22.0 Å². The summed E-state index contributed by atoms with van der Waals surface area (Å²) in [6.07, 6.45) is 3.28. The molecule has 0 spiro atoms. The van der Waals surface area contributed by atoms with Gasteiger partial charge in [-0.15, -0.1) is 11.8 Å². The van der Waals surface area contributed by atoms with Crippen LogP contribution < -0.4 is 5.73 Å². The highest BCUT2D eigenvalue weighted by Gasteiger charge is 2.29. The molecule has 2 unspecified atom stereocenters. The van der Waals surface area contributed by atoms with E-state index in [1.807, 2.05) is 0 Å². The molecule has 1 aromatic rings. The summed E-state index contributed by atoms with van der Waals surface area (Å²) in [7, 11) is 2.19. The molecule has 2 nitrogen and oxygen atoms in total. The van der Waals surface area contributed by atoms with E-state index >= 15 is 0 Å². The summed E-state index contributed by atoms with van der Waals surface area (Å²) in [6, 6.07) is 7.23. The minimum absolute atomic E-state index is 0.524. The third kappa shape index (κ3) is 2.87. The van der Waals surface area contributed by atoms with Crippen molar-refractivity contribution in [2.75, 3.05) is 26.4 Å². The van der Waals surface area contributed by atoms with Gasteiger partial charge in [-0.3, -0.25) is 4.90 Å². The second-order valence-corrected chi connectivity index (χ2v) is 6.39. The molecule has 1 aliphatic rings. The fourth-order valence-electron chi connectivity index (χ4n) is 2.56. The van der Waals surface area contributed by atoms with E-state index in [1.54, 1.807) is 11.8 Å². The highest BCUT2D eigenvalue weighted by Crippen LogP contribution is 2.36. The zero-order chi connectivity index (χ0) is 12.4. The average Bonchev–Trinajstić information content (AvgIpc) is 2.70. The first-order chi connectivity index (χ1) is 8.15. The van der Waals surface area contributed by atoms with Crippen LogP contribution in [-0.2, 0) is 0 Å². The van der Waals surface area contributed by atoms with Crippen LogP contribution in [0.2, 0.25) is 0 Å². The van der Waals surface area contributed by atoms with Crippen molar-refractivity contribution in [1.29, 1.82) is 0 Å². The fourth-order valence-corrected chi connectivity index (χ4v) is 3.90. The molecular weight excluding hydrogens is 296 g/mol. The molecule has 0 aliphatic carbocycles. The maximum atomic E-state index is 5.77. The van der Waals surface area contributed by atoms with E-state index < -0.39 is 0 Å². The lowest BCUT2D eigenvalue weighted by atomic mass is 10.00. The molecule has 1 saturated heterocycles. The first kappa shape index (κ1) is 13.4. The fraction of sp³-hybridized carbons (Fsp3) is 0.538. The van der Waals surface area contributed by atoms with Crippen molar-refractivity contribution in [3.63, 3.8) is 0 Å². The van der Waals surface area contributed by atoms with E-state index in [4.69, 9.17) is 5.73 Å². The van der Waals surface area contributed by atoms with Gasteiger partial charge in [0.2, 0.25) is 0 Å². The van der Waals surface area contributed by atoms with Crippen molar-refractivity contribution in [2.24, 2.45) is 11.7 Å². The lowest BCUT2D eigenvalue weighted by molar-refractivity contribution is 0.313. The Morgan fingerprint density at radius 3 is 2.82 bits per heavy atom. The van der Waals surface area contributed by atoms with Gasteiger partial charge in [-0.1, -0.05) is 6.07 Å². The number of likely N-dealkylation sites (tertiary alicyclic amines) is 1. The molecule has 1 fully saturated rings. The van der Waals surface area contributed by atoms with E-state index in [9.17, 15) is 0 Å². The van der Waals surface area contributed by atoms with Gasteiger partial charge < -0.3 is 5.73 Å². The van der Waals surface area contributed by atoms with Gasteiger partial charge in [0.05, 0.1) is 0 Å². The Bertz CT molecular complexity index is 397. The Morgan fingerprint density at radius 1 is 1.53 bits per heavy atom. The first-order valence-electron chi connectivity index (χ1n) is 5.89. The Morgan fingerprint density at radius 2 is 2.29 bits per heavy atom. The Balaban J connectivity index is 2.20. The number of nitrogens with zero attached hydrogens (tertiary/aromatic N) is 1. The molecule has 1 heterocycles. The summed E-state index contributed by atoms with van der Waals surface area (Å²) >= 11 is 5.41. The van der Waals surface area contributed by atoms with Gasteiger partial charge in [-0.05, 0) is 65.8 Å².